The molecule has 2 heteroatoms. The smallest absolute Gasteiger partial charge is 0.133 e. The first-order valence-corrected chi connectivity index (χ1v) is 5.45. The Hall–Kier alpha value is -0.370. The van der Waals surface area contributed by atoms with Crippen molar-refractivity contribution in [3.63, 3.8) is 0 Å². The standard InChI is InChI=1S/C11H21NO/c1-9(12)4-2-7-11(13)8-10-5-3-6-10/h9-10H,2-8,12H2,1H3. The Bertz CT molecular complexity index is 161. The lowest BCUT2D eigenvalue weighted by molar-refractivity contribution is -0.120. The summed E-state index contributed by atoms with van der Waals surface area (Å²) in [7, 11) is 0. The SMILES string of the molecule is CC(N)CCCC(=O)CC1CCC1. The fraction of sp³-hybridized carbons (Fsp3) is 0.909. The van der Waals surface area contributed by atoms with E-state index in [1.165, 1.54) is 19.3 Å². The third-order valence-electron chi connectivity index (χ3n) is 2.86. The second kappa shape index (κ2) is 5.38. The number of hydrogen-bond acceptors (Lipinski definition) is 2. The molecule has 1 aliphatic rings. The van der Waals surface area contributed by atoms with Gasteiger partial charge in [-0.3, -0.25) is 4.79 Å². The van der Waals surface area contributed by atoms with Crippen LogP contribution in [0.25, 0.3) is 0 Å². The molecule has 1 fully saturated rings. The molecule has 13 heavy (non-hydrogen) atoms. The number of nitrogens with two attached hydrogens (primary N) is 1. The maximum absolute atomic E-state index is 11.4. The molecule has 1 unspecified atom stereocenters. The first kappa shape index (κ1) is 10.7. The molecule has 1 atom stereocenters. The van der Waals surface area contributed by atoms with Gasteiger partial charge in [-0.25, -0.2) is 0 Å². The topological polar surface area (TPSA) is 43.1 Å². The Kier molecular flexibility index (Phi) is 4.43. The molecule has 0 aromatic heterocycles. The number of Topliss-reactive ketones (excluding diaryl/α,β-unsaturated/α-hetero) is 1. The normalized spacial score (nSPS) is 19.5. The Balaban J connectivity index is 1.97. The highest BCUT2D eigenvalue weighted by Crippen LogP contribution is 2.29. The molecule has 0 aromatic carbocycles. The molecule has 1 saturated carbocycles. The van der Waals surface area contributed by atoms with Crippen molar-refractivity contribution in [1.29, 1.82) is 0 Å². The number of hydrogen-bond donors (Lipinski definition) is 1. The Morgan fingerprint density at radius 2 is 2.23 bits per heavy atom. The molecule has 0 heterocycles. The lowest BCUT2D eigenvalue weighted by Crippen LogP contribution is -2.17. The molecule has 0 aromatic rings. The minimum atomic E-state index is 0.247. The van der Waals surface area contributed by atoms with Crippen molar-refractivity contribution in [2.24, 2.45) is 11.7 Å². The summed E-state index contributed by atoms with van der Waals surface area (Å²) in [5.74, 6) is 1.17. The maximum Gasteiger partial charge on any atom is 0.133 e. The summed E-state index contributed by atoms with van der Waals surface area (Å²) >= 11 is 0. The van der Waals surface area contributed by atoms with Gasteiger partial charge in [-0.05, 0) is 25.7 Å². The van der Waals surface area contributed by atoms with E-state index in [0.717, 1.165) is 31.6 Å². The first-order valence-electron chi connectivity index (χ1n) is 5.45. The third-order valence-corrected chi connectivity index (χ3v) is 2.86. The second-order valence-corrected chi connectivity index (χ2v) is 4.41. The van der Waals surface area contributed by atoms with E-state index in [9.17, 15) is 4.79 Å². The number of rotatable bonds is 6. The highest BCUT2D eigenvalue weighted by Gasteiger charge is 2.19. The molecule has 0 aliphatic heterocycles. The molecule has 2 nitrogen and oxygen atoms in total. The van der Waals surface area contributed by atoms with Crippen molar-refractivity contribution >= 4 is 5.78 Å². The zero-order valence-corrected chi connectivity index (χ0v) is 8.59. The Morgan fingerprint density at radius 1 is 1.54 bits per heavy atom. The molecule has 0 saturated heterocycles. The average Bonchev–Trinajstić information content (AvgIpc) is 1.96. The molecule has 1 aliphatic carbocycles. The number of carbonyl (C=O) groups excluding carboxylic acids is 1. The molecule has 2 N–H and O–H groups in total. The zero-order valence-electron chi connectivity index (χ0n) is 8.59. The van der Waals surface area contributed by atoms with Crippen LogP contribution in [-0.2, 0) is 4.79 Å². The van der Waals surface area contributed by atoms with Gasteiger partial charge in [0.1, 0.15) is 5.78 Å². The molecule has 0 bridgehead atoms. The molecule has 0 amide bonds. The van der Waals surface area contributed by atoms with Crippen molar-refractivity contribution < 1.29 is 4.79 Å². The van der Waals surface area contributed by atoms with Gasteiger partial charge in [-0.2, -0.15) is 0 Å². The quantitative estimate of drug-likeness (QED) is 0.686. The van der Waals surface area contributed by atoms with E-state index in [0.29, 0.717) is 5.78 Å². The minimum absolute atomic E-state index is 0.247. The van der Waals surface area contributed by atoms with Crippen molar-refractivity contribution in [3.8, 4) is 0 Å². The third kappa shape index (κ3) is 4.41. The van der Waals surface area contributed by atoms with Crippen LogP contribution in [0.2, 0.25) is 0 Å². The summed E-state index contributed by atoms with van der Waals surface area (Å²) in [4.78, 5) is 11.4. The highest BCUT2D eigenvalue weighted by atomic mass is 16.1. The van der Waals surface area contributed by atoms with E-state index in [1.807, 2.05) is 6.92 Å². The summed E-state index contributed by atoms with van der Waals surface area (Å²) in [5, 5.41) is 0. The lowest BCUT2D eigenvalue weighted by atomic mass is 9.81. The van der Waals surface area contributed by atoms with Crippen LogP contribution in [0, 0.1) is 5.92 Å². The van der Waals surface area contributed by atoms with Gasteiger partial charge in [0.15, 0.2) is 0 Å². The zero-order chi connectivity index (χ0) is 9.68. The van der Waals surface area contributed by atoms with Gasteiger partial charge in [0.25, 0.3) is 0 Å². The minimum Gasteiger partial charge on any atom is -0.328 e. The summed E-state index contributed by atoms with van der Waals surface area (Å²) < 4.78 is 0. The average molecular weight is 183 g/mol. The molecule has 76 valence electrons. The fourth-order valence-electron chi connectivity index (χ4n) is 1.74. The van der Waals surface area contributed by atoms with Crippen LogP contribution in [0.3, 0.4) is 0 Å². The predicted octanol–water partition coefficient (Wildman–Crippen LogP) is 2.26. The van der Waals surface area contributed by atoms with E-state index in [2.05, 4.69) is 0 Å². The van der Waals surface area contributed by atoms with Gasteiger partial charge in [-0.15, -0.1) is 0 Å². The lowest BCUT2D eigenvalue weighted by Gasteiger charge is -2.24. The fourth-order valence-corrected chi connectivity index (χ4v) is 1.74. The van der Waals surface area contributed by atoms with Crippen molar-refractivity contribution in [3.05, 3.63) is 0 Å². The van der Waals surface area contributed by atoms with Gasteiger partial charge >= 0.3 is 0 Å². The monoisotopic (exact) mass is 183 g/mol. The molecule has 0 radical (unpaired) electrons. The van der Waals surface area contributed by atoms with E-state index < -0.39 is 0 Å². The van der Waals surface area contributed by atoms with Crippen LogP contribution < -0.4 is 5.73 Å². The van der Waals surface area contributed by atoms with Crippen molar-refractivity contribution in [1.82, 2.24) is 0 Å². The van der Waals surface area contributed by atoms with Crippen molar-refractivity contribution in [2.75, 3.05) is 0 Å². The van der Waals surface area contributed by atoms with Gasteiger partial charge in [0.2, 0.25) is 0 Å². The van der Waals surface area contributed by atoms with Gasteiger partial charge in [-0.1, -0.05) is 19.3 Å². The summed E-state index contributed by atoms with van der Waals surface area (Å²) in [6, 6.07) is 0.247. The van der Waals surface area contributed by atoms with Crippen LogP contribution in [0.4, 0.5) is 0 Å². The van der Waals surface area contributed by atoms with Crippen LogP contribution in [0.15, 0.2) is 0 Å². The van der Waals surface area contributed by atoms with Crippen molar-refractivity contribution in [2.45, 2.75) is 57.9 Å². The Labute approximate surface area is 80.9 Å². The first-order chi connectivity index (χ1) is 6.18. The highest BCUT2D eigenvalue weighted by molar-refractivity contribution is 5.78. The van der Waals surface area contributed by atoms with Gasteiger partial charge in [0, 0.05) is 18.9 Å². The van der Waals surface area contributed by atoms with Gasteiger partial charge in [0.05, 0.1) is 0 Å². The van der Waals surface area contributed by atoms with E-state index in [4.69, 9.17) is 5.73 Å². The Morgan fingerprint density at radius 3 is 2.69 bits per heavy atom. The summed E-state index contributed by atoms with van der Waals surface area (Å²) in [6.45, 7) is 2.00. The van der Waals surface area contributed by atoms with Crippen LogP contribution in [-0.4, -0.2) is 11.8 Å². The molecule has 0 spiro atoms. The number of carbonyl (C=O) groups is 1. The number of ketones is 1. The van der Waals surface area contributed by atoms with E-state index in [1.54, 1.807) is 0 Å². The van der Waals surface area contributed by atoms with E-state index >= 15 is 0 Å². The maximum atomic E-state index is 11.4. The second-order valence-electron chi connectivity index (χ2n) is 4.41. The predicted molar refractivity (Wildman–Crippen MR) is 54.5 cm³/mol. The molecule has 1 rings (SSSR count). The largest absolute Gasteiger partial charge is 0.328 e. The van der Waals surface area contributed by atoms with Gasteiger partial charge < -0.3 is 5.73 Å². The molecular weight excluding hydrogens is 162 g/mol. The molecular formula is C11H21NO. The van der Waals surface area contributed by atoms with E-state index in [-0.39, 0.29) is 6.04 Å². The summed E-state index contributed by atoms with van der Waals surface area (Å²) in [6.07, 6.45) is 7.42. The van der Waals surface area contributed by atoms with Crippen LogP contribution in [0.1, 0.15) is 51.9 Å². The van der Waals surface area contributed by atoms with Crippen LogP contribution >= 0.6 is 0 Å². The summed E-state index contributed by atoms with van der Waals surface area (Å²) in [5.41, 5.74) is 5.61. The van der Waals surface area contributed by atoms with Crippen LogP contribution in [0.5, 0.6) is 0 Å².